The molecular formula is C17H18FN5O2. The van der Waals surface area contributed by atoms with Crippen molar-refractivity contribution < 1.29 is 13.3 Å². The summed E-state index contributed by atoms with van der Waals surface area (Å²) < 4.78 is 23.5. The molecule has 0 unspecified atom stereocenters. The third-order valence-corrected chi connectivity index (χ3v) is 4.26. The lowest BCUT2D eigenvalue weighted by Crippen LogP contribution is -2.45. The zero-order chi connectivity index (χ0) is 17.1. The molecule has 0 saturated carbocycles. The van der Waals surface area contributed by atoms with Crippen LogP contribution in [0.1, 0.15) is 11.6 Å². The van der Waals surface area contributed by atoms with Crippen molar-refractivity contribution in [1.82, 2.24) is 25.2 Å². The first kappa shape index (κ1) is 15.9. The number of hydrogen-bond acceptors (Lipinski definition) is 7. The van der Waals surface area contributed by atoms with Crippen LogP contribution < -0.4 is 0 Å². The van der Waals surface area contributed by atoms with E-state index in [0.29, 0.717) is 18.3 Å². The van der Waals surface area contributed by atoms with Crippen LogP contribution >= 0.6 is 0 Å². The highest BCUT2D eigenvalue weighted by molar-refractivity contribution is 5.51. The number of nitrogens with zero attached hydrogens (tertiary/aromatic N) is 5. The van der Waals surface area contributed by atoms with Gasteiger partial charge in [-0.2, -0.15) is 0 Å². The molecule has 4 rings (SSSR count). The number of piperazine rings is 1. The Morgan fingerprint density at radius 3 is 2.32 bits per heavy atom. The minimum absolute atomic E-state index is 0.285. The second-order valence-electron chi connectivity index (χ2n) is 6.05. The third kappa shape index (κ3) is 3.92. The maximum atomic E-state index is 13.0. The zero-order valence-corrected chi connectivity index (χ0v) is 13.6. The lowest BCUT2D eigenvalue weighted by Gasteiger charge is -2.33. The Balaban J connectivity index is 1.31. The SMILES string of the molecule is Fc1ccc(-c2nnc(CN3CCN(Cc4ccon4)CC3)o2)cc1. The molecule has 0 spiro atoms. The molecule has 2 aromatic heterocycles. The van der Waals surface area contributed by atoms with E-state index in [1.807, 2.05) is 6.07 Å². The average Bonchev–Trinajstić information content (AvgIpc) is 3.29. The summed E-state index contributed by atoms with van der Waals surface area (Å²) in [5.74, 6) is 0.705. The van der Waals surface area contributed by atoms with E-state index in [-0.39, 0.29) is 5.82 Å². The molecule has 3 aromatic rings. The molecule has 1 saturated heterocycles. The molecular weight excluding hydrogens is 325 g/mol. The van der Waals surface area contributed by atoms with E-state index in [4.69, 9.17) is 8.94 Å². The summed E-state index contributed by atoms with van der Waals surface area (Å²) in [6.07, 6.45) is 1.60. The topological polar surface area (TPSA) is 71.4 Å². The van der Waals surface area contributed by atoms with Crippen LogP contribution in [0.3, 0.4) is 0 Å². The summed E-state index contributed by atoms with van der Waals surface area (Å²) >= 11 is 0. The molecule has 7 nitrogen and oxygen atoms in total. The van der Waals surface area contributed by atoms with Crippen molar-refractivity contribution in [3.05, 3.63) is 54.0 Å². The first-order valence-electron chi connectivity index (χ1n) is 8.18. The molecule has 0 N–H and O–H groups in total. The molecule has 1 fully saturated rings. The Morgan fingerprint density at radius 2 is 1.64 bits per heavy atom. The van der Waals surface area contributed by atoms with Gasteiger partial charge in [-0.15, -0.1) is 10.2 Å². The largest absolute Gasteiger partial charge is 0.419 e. The van der Waals surface area contributed by atoms with Gasteiger partial charge in [0.1, 0.15) is 12.1 Å². The number of halogens is 1. The first-order chi connectivity index (χ1) is 12.3. The van der Waals surface area contributed by atoms with E-state index in [2.05, 4.69) is 25.2 Å². The Morgan fingerprint density at radius 1 is 0.920 bits per heavy atom. The molecule has 3 heterocycles. The molecule has 0 amide bonds. The molecule has 0 aliphatic carbocycles. The van der Waals surface area contributed by atoms with Crippen molar-refractivity contribution in [1.29, 1.82) is 0 Å². The smallest absolute Gasteiger partial charge is 0.247 e. The van der Waals surface area contributed by atoms with E-state index < -0.39 is 0 Å². The summed E-state index contributed by atoms with van der Waals surface area (Å²) in [5.41, 5.74) is 1.67. The van der Waals surface area contributed by atoms with Gasteiger partial charge < -0.3 is 8.94 Å². The molecule has 1 aliphatic heterocycles. The number of hydrogen-bond donors (Lipinski definition) is 0. The van der Waals surface area contributed by atoms with Crippen molar-refractivity contribution in [2.45, 2.75) is 13.1 Å². The van der Waals surface area contributed by atoms with Crippen molar-refractivity contribution in [2.75, 3.05) is 26.2 Å². The Kier molecular flexibility index (Phi) is 4.53. The summed E-state index contributed by atoms with van der Waals surface area (Å²) in [6.45, 7) is 5.17. The summed E-state index contributed by atoms with van der Waals surface area (Å²) in [6, 6.07) is 7.92. The van der Waals surface area contributed by atoms with E-state index in [9.17, 15) is 4.39 Å². The molecule has 0 atom stereocenters. The Labute approximate surface area is 144 Å². The average molecular weight is 343 g/mol. The number of aromatic nitrogens is 3. The van der Waals surface area contributed by atoms with E-state index in [1.54, 1.807) is 18.4 Å². The van der Waals surface area contributed by atoms with Gasteiger partial charge in [0.15, 0.2) is 0 Å². The number of rotatable bonds is 5. The highest BCUT2D eigenvalue weighted by Gasteiger charge is 2.20. The predicted octanol–water partition coefficient (Wildman–Crippen LogP) is 2.18. The van der Waals surface area contributed by atoms with Gasteiger partial charge in [-0.3, -0.25) is 9.80 Å². The fourth-order valence-electron chi connectivity index (χ4n) is 2.87. The molecule has 1 aliphatic rings. The van der Waals surface area contributed by atoms with Crippen LogP contribution in [-0.4, -0.2) is 51.3 Å². The minimum atomic E-state index is -0.285. The van der Waals surface area contributed by atoms with Crippen molar-refractivity contribution in [3.63, 3.8) is 0 Å². The summed E-state index contributed by atoms with van der Waals surface area (Å²) in [5, 5.41) is 12.1. The lowest BCUT2D eigenvalue weighted by atomic mass is 10.2. The van der Waals surface area contributed by atoms with Gasteiger partial charge in [0.2, 0.25) is 11.8 Å². The molecule has 8 heteroatoms. The third-order valence-electron chi connectivity index (χ3n) is 4.26. The maximum absolute atomic E-state index is 13.0. The fraction of sp³-hybridized carbons (Fsp3) is 0.353. The minimum Gasteiger partial charge on any atom is -0.419 e. The second-order valence-corrected chi connectivity index (χ2v) is 6.05. The van der Waals surface area contributed by atoms with Crippen LogP contribution in [0.5, 0.6) is 0 Å². The van der Waals surface area contributed by atoms with Gasteiger partial charge in [-0.25, -0.2) is 4.39 Å². The second kappa shape index (κ2) is 7.12. The van der Waals surface area contributed by atoms with Gasteiger partial charge in [0, 0.05) is 44.4 Å². The standard InChI is InChI=1S/C17H18FN5O2/c18-14-3-1-13(2-4-14)17-20-19-16(25-17)12-23-8-6-22(7-9-23)11-15-5-10-24-21-15/h1-5,10H,6-9,11-12H2. The highest BCUT2D eigenvalue weighted by Crippen LogP contribution is 2.19. The Bertz CT molecular complexity index is 795. The van der Waals surface area contributed by atoms with Crippen LogP contribution in [0.25, 0.3) is 11.5 Å². The van der Waals surface area contributed by atoms with Crippen molar-refractivity contribution in [3.8, 4) is 11.5 Å². The van der Waals surface area contributed by atoms with Gasteiger partial charge >= 0.3 is 0 Å². The van der Waals surface area contributed by atoms with Gasteiger partial charge in [0.05, 0.1) is 12.2 Å². The molecule has 0 bridgehead atoms. The van der Waals surface area contributed by atoms with Crippen LogP contribution in [0.2, 0.25) is 0 Å². The Hall–Kier alpha value is -2.58. The van der Waals surface area contributed by atoms with Crippen molar-refractivity contribution >= 4 is 0 Å². The van der Waals surface area contributed by atoms with Gasteiger partial charge in [-0.05, 0) is 24.3 Å². The monoisotopic (exact) mass is 343 g/mol. The lowest BCUT2D eigenvalue weighted by molar-refractivity contribution is 0.113. The van der Waals surface area contributed by atoms with Gasteiger partial charge in [-0.1, -0.05) is 5.16 Å². The van der Waals surface area contributed by atoms with Gasteiger partial charge in [0.25, 0.3) is 0 Å². The van der Waals surface area contributed by atoms with Crippen molar-refractivity contribution in [2.24, 2.45) is 0 Å². The number of benzene rings is 1. The zero-order valence-electron chi connectivity index (χ0n) is 13.6. The molecule has 130 valence electrons. The first-order valence-corrected chi connectivity index (χ1v) is 8.18. The normalized spacial score (nSPS) is 16.4. The van der Waals surface area contributed by atoms with Crippen LogP contribution in [-0.2, 0) is 13.1 Å². The molecule has 0 radical (unpaired) electrons. The van der Waals surface area contributed by atoms with E-state index in [0.717, 1.165) is 44.0 Å². The highest BCUT2D eigenvalue weighted by atomic mass is 19.1. The van der Waals surface area contributed by atoms with Crippen LogP contribution in [0.15, 0.2) is 45.5 Å². The fourth-order valence-corrected chi connectivity index (χ4v) is 2.87. The van der Waals surface area contributed by atoms with Crippen LogP contribution in [0, 0.1) is 5.82 Å². The van der Waals surface area contributed by atoms with E-state index >= 15 is 0 Å². The van der Waals surface area contributed by atoms with E-state index in [1.165, 1.54) is 12.1 Å². The summed E-state index contributed by atoms with van der Waals surface area (Å²) in [7, 11) is 0. The quantitative estimate of drug-likeness (QED) is 0.703. The maximum Gasteiger partial charge on any atom is 0.247 e. The molecule has 1 aromatic carbocycles. The molecule has 25 heavy (non-hydrogen) atoms. The van der Waals surface area contributed by atoms with Crippen LogP contribution in [0.4, 0.5) is 4.39 Å². The summed E-state index contributed by atoms with van der Waals surface area (Å²) in [4.78, 5) is 4.62. The predicted molar refractivity (Wildman–Crippen MR) is 86.7 cm³/mol.